The van der Waals surface area contributed by atoms with Crippen molar-refractivity contribution in [1.29, 1.82) is 0 Å². The summed E-state index contributed by atoms with van der Waals surface area (Å²) in [6.45, 7) is 5.07. The molecule has 2 aromatic rings. The Hall–Kier alpha value is -1.68. The first-order valence-corrected chi connectivity index (χ1v) is 7.52. The van der Waals surface area contributed by atoms with Crippen molar-refractivity contribution in [3.8, 4) is 0 Å². The summed E-state index contributed by atoms with van der Waals surface area (Å²) in [5, 5.41) is 7.79. The second-order valence-electron chi connectivity index (χ2n) is 5.80. The predicted molar refractivity (Wildman–Crippen MR) is 83.8 cm³/mol. The van der Waals surface area contributed by atoms with E-state index in [9.17, 15) is 4.39 Å². The van der Waals surface area contributed by atoms with Crippen LogP contribution in [0.15, 0.2) is 36.5 Å². The van der Waals surface area contributed by atoms with Crippen LogP contribution in [0.25, 0.3) is 0 Å². The van der Waals surface area contributed by atoms with E-state index in [1.807, 2.05) is 30.1 Å². The third kappa shape index (κ3) is 4.39. The van der Waals surface area contributed by atoms with E-state index < -0.39 is 0 Å². The van der Waals surface area contributed by atoms with Gasteiger partial charge in [0.1, 0.15) is 5.82 Å². The average Bonchev–Trinajstić information content (AvgIpc) is 2.90. The van der Waals surface area contributed by atoms with E-state index in [1.54, 1.807) is 6.07 Å². The van der Waals surface area contributed by atoms with Crippen molar-refractivity contribution in [2.24, 2.45) is 5.92 Å². The van der Waals surface area contributed by atoms with Gasteiger partial charge in [-0.25, -0.2) is 4.39 Å². The fraction of sp³-hybridized carbons (Fsp3) is 0.471. The molecule has 1 N–H and O–H groups in total. The number of aromatic nitrogens is 2. The lowest BCUT2D eigenvalue weighted by Crippen LogP contribution is -2.23. The Morgan fingerprint density at radius 3 is 2.57 bits per heavy atom. The Morgan fingerprint density at radius 1 is 1.19 bits per heavy atom. The average molecular weight is 289 g/mol. The maximum atomic E-state index is 13.8. The van der Waals surface area contributed by atoms with Gasteiger partial charge < -0.3 is 5.32 Å². The number of nitrogens with one attached hydrogen (secondary N) is 1. The first-order chi connectivity index (χ1) is 10.1. The minimum atomic E-state index is -0.119. The van der Waals surface area contributed by atoms with Crippen LogP contribution in [0, 0.1) is 11.7 Å². The van der Waals surface area contributed by atoms with Crippen molar-refractivity contribution < 1.29 is 4.39 Å². The van der Waals surface area contributed by atoms with Crippen LogP contribution in [-0.2, 0) is 12.8 Å². The van der Waals surface area contributed by atoms with E-state index in [1.165, 1.54) is 6.07 Å². The second-order valence-corrected chi connectivity index (χ2v) is 5.80. The van der Waals surface area contributed by atoms with Gasteiger partial charge in [0, 0.05) is 12.2 Å². The number of hydrogen-bond donors (Lipinski definition) is 1. The molecule has 1 atom stereocenters. The first kappa shape index (κ1) is 15.7. The lowest BCUT2D eigenvalue weighted by molar-refractivity contribution is 0.465. The fourth-order valence-corrected chi connectivity index (χ4v) is 2.55. The molecule has 0 aliphatic heterocycles. The summed E-state index contributed by atoms with van der Waals surface area (Å²) < 4.78 is 15.8. The minimum absolute atomic E-state index is 0.119. The molecule has 0 saturated carbocycles. The molecule has 0 saturated heterocycles. The standard InChI is InChI=1S/C17H24FN3/c1-13(2)21-9-8-16(20-21)11-14(12-19-3)10-15-6-4-5-7-17(15)18/h4-9,13-14,19H,10-12H2,1-3H3. The number of nitrogens with zero attached hydrogens (tertiary/aromatic N) is 2. The molecule has 0 bridgehead atoms. The van der Waals surface area contributed by atoms with Crippen molar-refractivity contribution in [2.75, 3.05) is 13.6 Å². The smallest absolute Gasteiger partial charge is 0.126 e. The predicted octanol–water partition coefficient (Wildman–Crippen LogP) is 3.22. The molecule has 0 spiro atoms. The lowest BCUT2D eigenvalue weighted by Gasteiger charge is -2.16. The van der Waals surface area contributed by atoms with Crippen molar-refractivity contribution in [2.45, 2.75) is 32.7 Å². The molecule has 1 unspecified atom stereocenters. The van der Waals surface area contributed by atoms with Crippen molar-refractivity contribution in [3.63, 3.8) is 0 Å². The molecular formula is C17H24FN3. The summed E-state index contributed by atoms with van der Waals surface area (Å²) in [6, 6.07) is 9.44. The van der Waals surface area contributed by atoms with Gasteiger partial charge in [-0.3, -0.25) is 4.68 Å². The molecule has 0 aliphatic carbocycles. The summed E-state index contributed by atoms with van der Waals surface area (Å²) in [4.78, 5) is 0. The zero-order valence-corrected chi connectivity index (χ0v) is 13.0. The molecule has 1 heterocycles. The molecule has 1 aromatic heterocycles. The van der Waals surface area contributed by atoms with Gasteiger partial charge in [0.15, 0.2) is 0 Å². The van der Waals surface area contributed by atoms with Gasteiger partial charge in [0.2, 0.25) is 0 Å². The van der Waals surface area contributed by atoms with Gasteiger partial charge in [0.05, 0.1) is 5.69 Å². The molecule has 4 heteroatoms. The molecular weight excluding hydrogens is 265 g/mol. The zero-order chi connectivity index (χ0) is 15.2. The van der Waals surface area contributed by atoms with Gasteiger partial charge in [-0.2, -0.15) is 5.10 Å². The highest BCUT2D eigenvalue weighted by atomic mass is 19.1. The summed E-state index contributed by atoms with van der Waals surface area (Å²) in [7, 11) is 1.93. The minimum Gasteiger partial charge on any atom is -0.319 e. The van der Waals surface area contributed by atoms with Crippen LogP contribution in [0.2, 0.25) is 0 Å². The number of hydrogen-bond acceptors (Lipinski definition) is 2. The molecule has 21 heavy (non-hydrogen) atoms. The van der Waals surface area contributed by atoms with Crippen molar-refractivity contribution in [3.05, 3.63) is 53.6 Å². The second kappa shape index (κ2) is 7.36. The van der Waals surface area contributed by atoms with Gasteiger partial charge in [0.25, 0.3) is 0 Å². The Balaban J connectivity index is 2.06. The van der Waals surface area contributed by atoms with Gasteiger partial charge in [-0.05, 0) is 63.9 Å². The third-order valence-corrected chi connectivity index (χ3v) is 3.65. The van der Waals surface area contributed by atoms with E-state index in [4.69, 9.17) is 0 Å². The van der Waals surface area contributed by atoms with E-state index in [0.717, 1.165) is 30.6 Å². The van der Waals surface area contributed by atoms with Gasteiger partial charge >= 0.3 is 0 Å². The zero-order valence-electron chi connectivity index (χ0n) is 13.0. The normalized spacial score (nSPS) is 12.8. The molecule has 1 aromatic carbocycles. The number of benzene rings is 1. The van der Waals surface area contributed by atoms with E-state index in [0.29, 0.717) is 12.0 Å². The van der Waals surface area contributed by atoms with Gasteiger partial charge in [-0.15, -0.1) is 0 Å². The maximum absolute atomic E-state index is 13.8. The first-order valence-electron chi connectivity index (χ1n) is 7.52. The third-order valence-electron chi connectivity index (χ3n) is 3.65. The highest BCUT2D eigenvalue weighted by Crippen LogP contribution is 2.16. The van der Waals surface area contributed by atoms with Crippen LogP contribution in [0.5, 0.6) is 0 Å². The van der Waals surface area contributed by atoms with Crippen LogP contribution in [0.3, 0.4) is 0 Å². The van der Waals surface area contributed by atoms with E-state index in [2.05, 4.69) is 30.3 Å². The van der Waals surface area contributed by atoms with Crippen LogP contribution in [-0.4, -0.2) is 23.4 Å². The monoisotopic (exact) mass is 289 g/mol. The van der Waals surface area contributed by atoms with E-state index in [-0.39, 0.29) is 5.82 Å². The molecule has 2 rings (SSSR count). The van der Waals surface area contributed by atoms with E-state index >= 15 is 0 Å². The van der Waals surface area contributed by atoms with Crippen molar-refractivity contribution in [1.82, 2.24) is 15.1 Å². The molecule has 0 radical (unpaired) electrons. The Morgan fingerprint density at radius 2 is 1.95 bits per heavy atom. The Labute approximate surface area is 126 Å². The maximum Gasteiger partial charge on any atom is 0.126 e. The fourth-order valence-electron chi connectivity index (χ4n) is 2.55. The Kier molecular flexibility index (Phi) is 5.51. The number of rotatable bonds is 7. The Bertz CT molecular complexity index is 563. The van der Waals surface area contributed by atoms with Crippen LogP contribution < -0.4 is 5.32 Å². The highest BCUT2D eigenvalue weighted by molar-refractivity contribution is 5.18. The largest absolute Gasteiger partial charge is 0.319 e. The SMILES string of the molecule is CNCC(Cc1ccn(C(C)C)n1)Cc1ccccc1F. The highest BCUT2D eigenvalue weighted by Gasteiger charge is 2.14. The molecule has 0 aliphatic rings. The van der Waals surface area contributed by atoms with Crippen LogP contribution in [0.4, 0.5) is 4.39 Å². The lowest BCUT2D eigenvalue weighted by atomic mass is 9.94. The summed E-state index contributed by atoms with van der Waals surface area (Å²) in [5.74, 6) is 0.216. The summed E-state index contributed by atoms with van der Waals surface area (Å²) >= 11 is 0. The number of halogens is 1. The quantitative estimate of drug-likeness (QED) is 0.848. The molecule has 3 nitrogen and oxygen atoms in total. The topological polar surface area (TPSA) is 29.9 Å². The van der Waals surface area contributed by atoms with Crippen LogP contribution in [0.1, 0.15) is 31.1 Å². The molecule has 0 fully saturated rings. The van der Waals surface area contributed by atoms with Crippen LogP contribution >= 0.6 is 0 Å². The molecule has 114 valence electrons. The van der Waals surface area contributed by atoms with Crippen molar-refractivity contribution >= 4 is 0 Å². The molecule has 0 amide bonds. The van der Waals surface area contributed by atoms with Gasteiger partial charge in [-0.1, -0.05) is 18.2 Å². The summed E-state index contributed by atoms with van der Waals surface area (Å²) in [6.07, 6.45) is 3.59. The summed E-state index contributed by atoms with van der Waals surface area (Å²) in [5.41, 5.74) is 1.85.